The first-order valence-electron chi connectivity index (χ1n) is 9.14. The molecule has 1 heterocycles. The molecule has 0 amide bonds. The van der Waals surface area contributed by atoms with E-state index in [-0.39, 0.29) is 17.5 Å². The topological polar surface area (TPSA) is 47.0 Å². The highest BCUT2D eigenvalue weighted by Gasteiger charge is 2.33. The van der Waals surface area contributed by atoms with Crippen molar-refractivity contribution in [3.63, 3.8) is 0 Å². The lowest BCUT2D eigenvalue weighted by molar-refractivity contribution is -0.134. The van der Waals surface area contributed by atoms with Crippen molar-refractivity contribution in [3.05, 3.63) is 66.0 Å². The molecular formula is C22H25NO2. The molecule has 3 rings (SSSR count). The third kappa shape index (κ3) is 4.41. The van der Waals surface area contributed by atoms with Gasteiger partial charge in [0.15, 0.2) is 0 Å². The Labute approximate surface area is 149 Å². The first-order valence-corrected chi connectivity index (χ1v) is 9.14. The lowest BCUT2D eigenvalue weighted by Crippen LogP contribution is -2.32. The summed E-state index contributed by atoms with van der Waals surface area (Å²) >= 11 is 0. The van der Waals surface area contributed by atoms with Crippen LogP contribution < -0.4 is 0 Å². The maximum atomic E-state index is 12.9. The van der Waals surface area contributed by atoms with Gasteiger partial charge in [-0.25, -0.2) is 0 Å². The summed E-state index contributed by atoms with van der Waals surface area (Å²) in [6.45, 7) is 1.53. The van der Waals surface area contributed by atoms with E-state index in [1.807, 2.05) is 24.3 Å². The number of Topliss-reactive ketones (excluding diaryl/α,β-unsaturated/α-hetero) is 2. The molecule has 3 heteroatoms. The SMILES string of the molecule is CC(=O)C(Cc1ccccn1)C(=O)[C@H]1CC[C@H](c2ccccc2)CC1. The van der Waals surface area contributed by atoms with E-state index >= 15 is 0 Å². The van der Waals surface area contributed by atoms with Crippen LogP contribution in [0.4, 0.5) is 0 Å². The van der Waals surface area contributed by atoms with Gasteiger partial charge < -0.3 is 0 Å². The van der Waals surface area contributed by atoms with Crippen LogP contribution in [0.15, 0.2) is 54.7 Å². The van der Waals surface area contributed by atoms with Gasteiger partial charge in [0.05, 0.1) is 5.92 Å². The van der Waals surface area contributed by atoms with Crippen molar-refractivity contribution in [1.82, 2.24) is 4.98 Å². The van der Waals surface area contributed by atoms with Crippen LogP contribution in [-0.2, 0) is 16.0 Å². The number of hydrogen-bond acceptors (Lipinski definition) is 3. The highest BCUT2D eigenvalue weighted by atomic mass is 16.1. The van der Waals surface area contributed by atoms with E-state index in [9.17, 15) is 9.59 Å². The van der Waals surface area contributed by atoms with Crippen LogP contribution in [0, 0.1) is 11.8 Å². The number of aromatic nitrogens is 1. The molecule has 1 aliphatic rings. The smallest absolute Gasteiger partial charge is 0.146 e. The van der Waals surface area contributed by atoms with E-state index in [0.29, 0.717) is 12.3 Å². The Morgan fingerprint density at radius 2 is 1.68 bits per heavy atom. The maximum absolute atomic E-state index is 12.9. The molecule has 0 spiro atoms. The molecule has 3 nitrogen and oxygen atoms in total. The zero-order valence-electron chi connectivity index (χ0n) is 14.7. The van der Waals surface area contributed by atoms with Crippen LogP contribution in [0.3, 0.4) is 0 Å². The van der Waals surface area contributed by atoms with Crippen LogP contribution >= 0.6 is 0 Å². The molecule has 1 fully saturated rings. The van der Waals surface area contributed by atoms with Crippen molar-refractivity contribution in [3.8, 4) is 0 Å². The summed E-state index contributed by atoms with van der Waals surface area (Å²) < 4.78 is 0. The fourth-order valence-corrected chi connectivity index (χ4v) is 3.89. The largest absolute Gasteiger partial charge is 0.299 e. The number of nitrogens with zero attached hydrogens (tertiary/aromatic N) is 1. The van der Waals surface area contributed by atoms with E-state index in [4.69, 9.17) is 0 Å². The Morgan fingerprint density at radius 3 is 2.28 bits per heavy atom. The normalized spacial score (nSPS) is 21.5. The quantitative estimate of drug-likeness (QED) is 0.736. The fourth-order valence-electron chi connectivity index (χ4n) is 3.89. The van der Waals surface area contributed by atoms with Crippen LogP contribution in [0.2, 0.25) is 0 Å². The first-order chi connectivity index (χ1) is 12.1. The molecule has 0 N–H and O–H groups in total. The molecule has 25 heavy (non-hydrogen) atoms. The molecule has 2 aromatic rings. The molecule has 0 bridgehead atoms. The van der Waals surface area contributed by atoms with Gasteiger partial charge in [-0.2, -0.15) is 0 Å². The number of benzene rings is 1. The predicted octanol–water partition coefficient (Wildman–Crippen LogP) is 4.37. The summed E-state index contributed by atoms with van der Waals surface area (Å²) in [5, 5.41) is 0. The third-order valence-electron chi connectivity index (χ3n) is 5.37. The average molecular weight is 335 g/mol. The zero-order valence-corrected chi connectivity index (χ0v) is 14.7. The van der Waals surface area contributed by atoms with E-state index in [2.05, 4.69) is 29.2 Å². The maximum Gasteiger partial charge on any atom is 0.146 e. The predicted molar refractivity (Wildman–Crippen MR) is 98.3 cm³/mol. The Bertz CT molecular complexity index is 703. The molecule has 130 valence electrons. The molecular weight excluding hydrogens is 310 g/mol. The second-order valence-corrected chi connectivity index (χ2v) is 7.05. The van der Waals surface area contributed by atoms with Gasteiger partial charge in [-0.15, -0.1) is 0 Å². The molecule has 1 saturated carbocycles. The number of carbonyl (C=O) groups excluding carboxylic acids is 2. The highest BCUT2D eigenvalue weighted by Crippen LogP contribution is 2.37. The van der Waals surface area contributed by atoms with Crippen LogP contribution in [0.25, 0.3) is 0 Å². The van der Waals surface area contributed by atoms with Gasteiger partial charge in [-0.3, -0.25) is 14.6 Å². The highest BCUT2D eigenvalue weighted by molar-refractivity contribution is 6.02. The Balaban J connectivity index is 1.63. The summed E-state index contributed by atoms with van der Waals surface area (Å²) in [6.07, 6.45) is 5.94. The monoisotopic (exact) mass is 335 g/mol. The minimum atomic E-state index is -0.548. The van der Waals surface area contributed by atoms with Crippen molar-refractivity contribution < 1.29 is 9.59 Å². The molecule has 0 radical (unpaired) electrons. The van der Waals surface area contributed by atoms with E-state index in [0.717, 1.165) is 31.4 Å². The lowest BCUT2D eigenvalue weighted by atomic mass is 9.74. The van der Waals surface area contributed by atoms with Gasteiger partial charge in [-0.05, 0) is 56.2 Å². The van der Waals surface area contributed by atoms with Crippen molar-refractivity contribution in [2.45, 2.75) is 44.9 Å². The van der Waals surface area contributed by atoms with Crippen LogP contribution in [-0.4, -0.2) is 16.6 Å². The minimum absolute atomic E-state index is 0.0116. The summed E-state index contributed by atoms with van der Waals surface area (Å²) in [5.74, 6) is 0.0769. The van der Waals surface area contributed by atoms with Crippen molar-refractivity contribution in [2.75, 3.05) is 0 Å². The first kappa shape index (κ1) is 17.5. The van der Waals surface area contributed by atoms with Crippen LogP contribution in [0.1, 0.15) is 49.8 Å². The van der Waals surface area contributed by atoms with Crippen molar-refractivity contribution >= 4 is 11.6 Å². The Morgan fingerprint density at radius 1 is 1.00 bits per heavy atom. The number of hydrogen-bond donors (Lipinski definition) is 0. The van der Waals surface area contributed by atoms with E-state index < -0.39 is 5.92 Å². The molecule has 1 aromatic heterocycles. The summed E-state index contributed by atoms with van der Waals surface area (Å²) in [6, 6.07) is 16.2. The average Bonchev–Trinajstić information content (AvgIpc) is 2.67. The number of pyridine rings is 1. The van der Waals surface area contributed by atoms with E-state index in [1.165, 1.54) is 12.5 Å². The molecule has 1 aliphatic carbocycles. The van der Waals surface area contributed by atoms with Gasteiger partial charge in [-0.1, -0.05) is 36.4 Å². The summed E-state index contributed by atoms with van der Waals surface area (Å²) in [4.78, 5) is 29.3. The van der Waals surface area contributed by atoms with E-state index in [1.54, 1.807) is 6.20 Å². The van der Waals surface area contributed by atoms with Crippen LogP contribution in [0.5, 0.6) is 0 Å². The minimum Gasteiger partial charge on any atom is -0.299 e. The fraction of sp³-hybridized carbons (Fsp3) is 0.409. The summed E-state index contributed by atoms with van der Waals surface area (Å²) in [5.41, 5.74) is 2.18. The second kappa shape index (κ2) is 8.19. The zero-order chi connectivity index (χ0) is 17.6. The number of carbonyl (C=O) groups is 2. The number of rotatable bonds is 6. The molecule has 1 unspecified atom stereocenters. The van der Waals surface area contributed by atoms with Gasteiger partial charge in [0.2, 0.25) is 0 Å². The third-order valence-corrected chi connectivity index (χ3v) is 5.37. The van der Waals surface area contributed by atoms with Gasteiger partial charge >= 0.3 is 0 Å². The van der Waals surface area contributed by atoms with Crippen molar-refractivity contribution in [2.24, 2.45) is 11.8 Å². The van der Waals surface area contributed by atoms with Crippen molar-refractivity contribution in [1.29, 1.82) is 0 Å². The van der Waals surface area contributed by atoms with Gasteiger partial charge in [0, 0.05) is 24.2 Å². The second-order valence-electron chi connectivity index (χ2n) is 7.05. The molecule has 0 saturated heterocycles. The molecule has 1 aromatic carbocycles. The van der Waals surface area contributed by atoms with Gasteiger partial charge in [0.25, 0.3) is 0 Å². The number of ketones is 2. The Hall–Kier alpha value is -2.29. The molecule has 0 aliphatic heterocycles. The van der Waals surface area contributed by atoms with Gasteiger partial charge in [0.1, 0.15) is 11.6 Å². The Kier molecular flexibility index (Phi) is 5.75. The molecule has 1 atom stereocenters. The summed E-state index contributed by atoms with van der Waals surface area (Å²) in [7, 11) is 0. The standard InChI is InChI=1S/C22H25NO2/c1-16(24)21(15-20-9-5-6-14-23-20)22(25)19-12-10-18(11-13-19)17-7-3-2-4-8-17/h2-9,14,18-19,21H,10-13,15H2,1H3/t18-,19-,21?. The lowest BCUT2D eigenvalue weighted by Gasteiger charge is -2.29.